The first-order chi connectivity index (χ1) is 10.6. The molecule has 2 aromatic carbocycles. The molecule has 0 spiro atoms. The molecule has 3 amide bonds. The van der Waals surface area contributed by atoms with Gasteiger partial charge in [-0.2, -0.15) is 0 Å². The van der Waals surface area contributed by atoms with E-state index in [9.17, 15) is 9.59 Å². The van der Waals surface area contributed by atoms with Gasteiger partial charge in [-0.15, -0.1) is 0 Å². The molecule has 0 radical (unpaired) electrons. The quantitative estimate of drug-likeness (QED) is 0.665. The Balaban J connectivity index is 1.97. The van der Waals surface area contributed by atoms with E-state index in [4.69, 9.17) is 23.2 Å². The van der Waals surface area contributed by atoms with E-state index in [1.165, 1.54) is 0 Å². The average molecular weight is 333 g/mol. The fourth-order valence-electron chi connectivity index (χ4n) is 2.13. The summed E-state index contributed by atoms with van der Waals surface area (Å²) < 4.78 is 0. The van der Waals surface area contributed by atoms with Crippen LogP contribution >= 0.6 is 23.2 Å². The maximum Gasteiger partial charge on any atom is 0.333 e. The first-order valence-corrected chi connectivity index (χ1v) is 7.19. The standard InChI is InChI=1S/C16H10Cl2N2O2/c17-11-5-3-6-12(9-11)20-15(21)14(19-16(20)22)8-10-4-1-2-7-13(10)18/h1-9H,(H,19,22)/b14-8+. The Hall–Kier alpha value is -2.30. The van der Waals surface area contributed by atoms with Crippen LogP contribution in [0.4, 0.5) is 10.5 Å². The maximum atomic E-state index is 12.4. The van der Waals surface area contributed by atoms with E-state index in [2.05, 4.69) is 5.32 Å². The molecule has 1 heterocycles. The summed E-state index contributed by atoms with van der Waals surface area (Å²) in [6.45, 7) is 0. The first-order valence-electron chi connectivity index (χ1n) is 6.43. The highest BCUT2D eigenvalue weighted by molar-refractivity contribution is 6.33. The summed E-state index contributed by atoms with van der Waals surface area (Å²) >= 11 is 12.0. The van der Waals surface area contributed by atoms with Crippen molar-refractivity contribution < 1.29 is 9.59 Å². The smallest absolute Gasteiger partial charge is 0.302 e. The van der Waals surface area contributed by atoms with Gasteiger partial charge in [0.05, 0.1) is 5.69 Å². The highest BCUT2D eigenvalue weighted by Crippen LogP contribution is 2.26. The van der Waals surface area contributed by atoms with Crippen molar-refractivity contribution in [1.82, 2.24) is 5.32 Å². The monoisotopic (exact) mass is 332 g/mol. The number of hydrogen-bond acceptors (Lipinski definition) is 2. The number of benzene rings is 2. The van der Waals surface area contributed by atoms with Crippen LogP contribution in [0.5, 0.6) is 0 Å². The molecule has 1 saturated heterocycles. The van der Waals surface area contributed by atoms with Gasteiger partial charge < -0.3 is 5.32 Å². The van der Waals surface area contributed by atoms with Crippen molar-refractivity contribution in [3.05, 3.63) is 69.8 Å². The molecule has 0 aliphatic carbocycles. The van der Waals surface area contributed by atoms with E-state index in [0.717, 1.165) is 4.90 Å². The summed E-state index contributed by atoms with van der Waals surface area (Å²) in [7, 11) is 0. The van der Waals surface area contributed by atoms with Gasteiger partial charge in [-0.25, -0.2) is 9.69 Å². The van der Waals surface area contributed by atoms with Crippen LogP contribution in [0.15, 0.2) is 54.2 Å². The lowest BCUT2D eigenvalue weighted by molar-refractivity contribution is -0.113. The van der Waals surface area contributed by atoms with Gasteiger partial charge in [0.1, 0.15) is 5.70 Å². The fraction of sp³-hybridized carbons (Fsp3) is 0. The summed E-state index contributed by atoms with van der Waals surface area (Å²) in [5.41, 5.74) is 1.23. The van der Waals surface area contributed by atoms with Crippen LogP contribution in [0, 0.1) is 0 Å². The fourth-order valence-corrected chi connectivity index (χ4v) is 2.51. The minimum absolute atomic E-state index is 0.165. The summed E-state index contributed by atoms with van der Waals surface area (Å²) in [6, 6.07) is 13.1. The third-order valence-corrected chi connectivity index (χ3v) is 3.73. The number of hydrogen-bond donors (Lipinski definition) is 1. The second kappa shape index (κ2) is 5.83. The zero-order valence-electron chi connectivity index (χ0n) is 11.2. The van der Waals surface area contributed by atoms with Gasteiger partial charge in [-0.05, 0) is 35.9 Å². The number of urea groups is 1. The molecule has 22 heavy (non-hydrogen) atoms. The average Bonchev–Trinajstić information content (AvgIpc) is 2.76. The molecule has 1 fully saturated rings. The van der Waals surface area contributed by atoms with Gasteiger partial charge in [-0.1, -0.05) is 47.5 Å². The normalized spacial score (nSPS) is 16.3. The van der Waals surface area contributed by atoms with Crippen molar-refractivity contribution >= 4 is 46.9 Å². The lowest BCUT2D eigenvalue weighted by atomic mass is 10.2. The molecular weight excluding hydrogens is 323 g/mol. The molecule has 0 saturated carbocycles. The number of amides is 3. The lowest BCUT2D eigenvalue weighted by Gasteiger charge is -2.11. The van der Waals surface area contributed by atoms with E-state index in [1.54, 1.807) is 54.6 Å². The SMILES string of the molecule is O=C1N/C(=C/c2ccccc2Cl)C(=O)N1c1cccc(Cl)c1. The van der Waals surface area contributed by atoms with Crippen molar-refractivity contribution in [1.29, 1.82) is 0 Å². The molecule has 6 heteroatoms. The Morgan fingerprint density at radius 1 is 1.00 bits per heavy atom. The number of rotatable bonds is 2. The molecule has 0 aromatic heterocycles. The molecule has 0 bridgehead atoms. The van der Waals surface area contributed by atoms with Crippen LogP contribution in [0.2, 0.25) is 10.0 Å². The zero-order chi connectivity index (χ0) is 15.7. The predicted molar refractivity (Wildman–Crippen MR) is 86.9 cm³/mol. The predicted octanol–water partition coefficient (Wildman–Crippen LogP) is 4.09. The first kappa shape index (κ1) is 14.6. The minimum atomic E-state index is -0.523. The topological polar surface area (TPSA) is 49.4 Å². The number of imide groups is 1. The molecular formula is C16H10Cl2N2O2. The number of nitrogens with zero attached hydrogens (tertiary/aromatic N) is 1. The summed E-state index contributed by atoms with van der Waals surface area (Å²) in [5, 5.41) is 3.49. The number of anilines is 1. The second-order valence-corrected chi connectivity index (χ2v) is 5.47. The molecule has 1 N–H and O–H groups in total. The molecule has 4 nitrogen and oxygen atoms in total. The lowest BCUT2D eigenvalue weighted by Crippen LogP contribution is -2.30. The third kappa shape index (κ3) is 2.71. The minimum Gasteiger partial charge on any atom is -0.302 e. The molecule has 2 aromatic rings. The van der Waals surface area contributed by atoms with Crippen molar-refractivity contribution in [3.63, 3.8) is 0 Å². The van der Waals surface area contributed by atoms with E-state index < -0.39 is 11.9 Å². The van der Waals surface area contributed by atoms with Gasteiger partial charge in [-0.3, -0.25) is 4.79 Å². The van der Waals surface area contributed by atoms with E-state index in [-0.39, 0.29) is 5.70 Å². The van der Waals surface area contributed by atoms with E-state index in [0.29, 0.717) is 21.3 Å². The van der Waals surface area contributed by atoms with Crippen LogP contribution in [0.25, 0.3) is 6.08 Å². The highest BCUT2D eigenvalue weighted by atomic mass is 35.5. The Bertz CT molecular complexity index is 802. The number of halogens is 2. The van der Waals surface area contributed by atoms with Crippen molar-refractivity contribution in [2.24, 2.45) is 0 Å². The second-order valence-electron chi connectivity index (χ2n) is 4.63. The summed E-state index contributed by atoms with van der Waals surface area (Å²) in [6.07, 6.45) is 1.55. The molecule has 3 rings (SSSR count). The number of nitrogens with one attached hydrogen (secondary N) is 1. The van der Waals surface area contributed by atoms with Crippen LogP contribution < -0.4 is 10.2 Å². The third-order valence-electron chi connectivity index (χ3n) is 3.15. The van der Waals surface area contributed by atoms with Gasteiger partial charge in [0.25, 0.3) is 5.91 Å². The molecule has 110 valence electrons. The van der Waals surface area contributed by atoms with Crippen molar-refractivity contribution in [3.8, 4) is 0 Å². The Labute approximate surface area is 136 Å². The Kier molecular flexibility index (Phi) is 3.88. The largest absolute Gasteiger partial charge is 0.333 e. The number of carbonyl (C=O) groups is 2. The number of carbonyl (C=O) groups excluding carboxylic acids is 2. The van der Waals surface area contributed by atoms with Gasteiger partial charge in [0.15, 0.2) is 0 Å². The Morgan fingerprint density at radius 3 is 2.50 bits per heavy atom. The Morgan fingerprint density at radius 2 is 1.77 bits per heavy atom. The van der Waals surface area contributed by atoms with Crippen LogP contribution in [0.1, 0.15) is 5.56 Å². The van der Waals surface area contributed by atoms with Gasteiger partial charge >= 0.3 is 6.03 Å². The van der Waals surface area contributed by atoms with Gasteiger partial charge in [0.2, 0.25) is 0 Å². The highest BCUT2D eigenvalue weighted by Gasteiger charge is 2.34. The zero-order valence-corrected chi connectivity index (χ0v) is 12.7. The summed E-state index contributed by atoms with van der Waals surface area (Å²) in [5.74, 6) is -0.452. The van der Waals surface area contributed by atoms with E-state index in [1.807, 2.05) is 0 Å². The maximum absolute atomic E-state index is 12.4. The van der Waals surface area contributed by atoms with Crippen molar-refractivity contribution in [2.45, 2.75) is 0 Å². The molecule has 1 aliphatic heterocycles. The van der Waals surface area contributed by atoms with Crippen molar-refractivity contribution in [2.75, 3.05) is 4.90 Å². The van der Waals surface area contributed by atoms with Crippen LogP contribution in [-0.2, 0) is 4.79 Å². The molecule has 0 unspecified atom stereocenters. The molecule has 0 atom stereocenters. The van der Waals surface area contributed by atoms with Gasteiger partial charge in [0, 0.05) is 10.0 Å². The van der Waals surface area contributed by atoms with E-state index >= 15 is 0 Å². The molecule has 1 aliphatic rings. The van der Waals surface area contributed by atoms with Crippen LogP contribution in [0.3, 0.4) is 0 Å². The van der Waals surface area contributed by atoms with Crippen LogP contribution in [-0.4, -0.2) is 11.9 Å². The summed E-state index contributed by atoms with van der Waals surface area (Å²) in [4.78, 5) is 25.5.